The first-order valence-electron chi connectivity index (χ1n) is 10.2. The molecule has 2 aromatic rings. The number of guanidine groups is 1. The van der Waals surface area contributed by atoms with Gasteiger partial charge in [-0.2, -0.15) is 0 Å². The molecule has 0 bridgehead atoms. The SMILES string of the molecule is CCNC(=NCC(=O)Nc1ccc(O)cc1)NC1CCCN(c2ccccc2Cl)C1.I. The van der Waals surface area contributed by atoms with Crippen LogP contribution in [0, 0.1) is 0 Å². The van der Waals surface area contributed by atoms with Crippen LogP contribution in [0.3, 0.4) is 0 Å². The fourth-order valence-electron chi connectivity index (χ4n) is 3.43. The summed E-state index contributed by atoms with van der Waals surface area (Å²) in [6.45, 7) is 4.46. The van der Waals surface area contributed by atoms with Crippen molar-refractivity contribution >= 4 is 58.8 Å². The number of halogens is 2. The Morgan fingerprint density at radius 1 is 1.23 bits per heavy atom. The molecule has 0 aliphatic carbocycles. The molecule has 1 fully saturated rings. The highest BCUT2D eigenvalue weighted by atomic mass is 127. The molecule has 1 unspecified atom stereocenters. The third-order valence-electron chi connectivity index (χ3n) is 4.83. The van der Waals surface area contributed by atoms with Gasteiger partial charge in [0.05, 0.1) is 10.7 Å². The Balaban J connectivity index is 0.00000341. The average Bonchev–Trinajstić information content (AvgIpc) is 2.74. The van der Waals surface area contributed by atoms with E-state index in [9.17, 15) is 9.90 Å². The molecule has 1 aliphatic rings. The van der Waals surface area contributed by atoms with Gasteiger partial charge in [-0.1, -0.05) is 23.7 Å². The topological polar surface area (TPSA) is 89.0 Å². The van der Waals surface area contributed by atoms with Crippen LogP contribution in [0.25, 0.3) is 0 Å². The van der Waals surface area contributed by atoms with Crippen molar-refractivity contribution in [2.45, 2.75) is 25.8 Å². The summed E-state index contributed by atoms with van der Waals surface area (Å²) in [5.74, 6) is 0.548. The van der Waals surface area contributed by atoms with Crippen molar-refractivity contribution in [2.24, 2.45) is 4.99 Å². The lowest BCUT2D eigenvalue weighted by Crippen LogP contribution is -2.51. The van der Waals surface area contributed by atoms with E-state index in [1.54, 1.807) is 12.1 Å². The Kier molecular flexibility index (Phi) is 10.2. The Morgan fingerprint density at radius 2 is 1.97 bits per heavy atom. The molecule has 9 heteroatoms. The molecule has 2 aromatic carbocycles. The van der Waals surface area contributed by atoms with Crippen molar-refractivity contribution in [3.8, 4) is 5.75 Å². The van der Waals surface area contributed by atoms with Crippen LogP contribution in [0.5, 0.6) is 5.75 Å². The molecule has 0 spiro atoms. The highest BCUT2D eigenvalue weighted by molar-refractivity contribution is 14.0. The summed E-state index contributed by atoms with van der Waals surface area (Å²) in [5, 5.41) is 19.5. The summed E-state index contributed by atoms with van der Waals surface area (Å²) in [4.78, 5) is 18.9. The molecule has 1 atom stereocenters. The lowest BCUT2D eigenvalue weighted by molar-refractivity contribution is -0.114. The minimum absolute atomic E-state index is 0. The van der Waals surface area contributed by atoms with E-state index in [0.717, 1.165) is 36.6 Å². The Bertz CT molecular complexity index is 878. The van der Waals surface area contributed by atoms with Crippen molar-refractivity contribution in [2.75, 3.05) is 36.4 Å². The minimum Gasteiger partial charge on any atom is -0.508 e. The van der Waals surface area contributed by atoms with E-state index in [1.807, 2.05) is 31.2 Å². The van der Waals surface area contributed by atoms with Gasteiger partial charge in [-0.3, -0.25) is 4.79 Å². The summed E-state index contributed by atoms with van der Waals surface area (Å²) in [5.41, 5.74) is 1.66. The van der Waals surface area contributed by atoms with E-state index in [4.69, 9.17) is 11.6 Å². The van der Waals surface area contributed by atoms with Gasteiger partial charge in [0.2, 0.25) is 5.91 Å². The number of carbonyl (C=O) groups excluding carboxylic acids is 1. The number of aromatic hydroxyl groups is 1. The monoisotopic (exact) mass is 557 g/mol. The summed E-state index contributed by atoms with van der Waals surface area (Å²) in [6.07, 6.45) is 2.06. The van der Waals surface area contributed by atoms with Crippen LogP contribution in [-0.2, 0) is 4.79 Å². The number of amides is 1. The number of aliphatic imine (C=N–C) groups is 1. The van der Waals surface area contributed by atoms with Gasteiger partial charge in [0.1, 0.15) is 12.3 Å². The van der Waals surface area contributed by atoms with E-state index < -0.39 is 0 Å². The van der Waals surface area contributed by atoms with Gasteiger partial charge in [0, 0.05) is 31.4 Å². The highest BCUT2D eigenvalue weighted by Crippen LogP contribution is 2.27. The molecule has 168 valence electrons. The first-order valence-corrected chi connectivity index (χ1v) is 10.6. The van der Waals surface area contributed by atoms with Crippen molar-refractivity contribution < 1.29 is 9.90 Å². The fraction of sp³-hybridized carbons (Fsp3) is 0.364. The number of nitrogens with zero attached hydrogens (tertiary/aromatic N) is 2. The largest absolute Gasteiger partial charge is 0.508 e. The van der Waals surface area contributed by atoms with Gasteiger partial charge in [-0.05, 0) is 56.2 Å². The summed E-state index contributed by atoms with van der Waals surface area (Å²) >= 11 is 6.36. The smallest absolute Gasteiger partial charge is 0.246 e. The molecule has 7 nitrogen and oxygen atoms in total. The predicted octanol–water partition coefficient (Wildman–Crippen LogP) is 3.83. The number of piperidine rings is 1. The van der Waals surface area contributed by atoms with Crippen LogP contribution in [0.2, 0.25) is 5.02 Å². The molecule has 31 heavy (non-hydrogen) atoms. The second-order valence-corrected chi connectivity index (χ2v) is 7.58. The number of carbonyl (C=O) groups is 1. The number of benzene rings is 2. The predicted molar refractivity (Wildman–Crippen MR) is 138 cm³/mol. The van der Waals surface area contributed by atoms with Crippen LogP contribution in [0.1, 0.15) is 19.8 Å². The maximum Gasteiger partial charge on any atom is 0.246 e. The molecule has 1 saturated heterocycles. The van der Waals surface area contributed by atoms with Crippen LogP contribution >= 0.6 is 35.6 Å². The van der Waals surface area contributed by atoms with E-state index >= 15 is 0 Å². The van der Waals surface area contributed by atoms with E-state index in [0.29, 0.717) is 18.2 Å². The van der Waals surface area contributed by atoms with Crippen LogP contribution in [0.4, 0.5) is 11.4 Å². The Labute approximate surface area is 205 Å². The number of phenolic OH excluding ortho intramolecular Hbond substituents is 1. The van der Waals surface area contributed by atoms with E-state index in [1.165, 1.54) is 12.1 Å². The van der Waals surface area contributed by atoms with Crippen LogP contribution < -0.4 is 20.9 Å². The van der Waals surface area contributed by atoms with Crippen molar-refractivity contribution in [3.05, 3.63) is 53.6 Å². The molecule has 3 rings (SSSR count). The number of rotatable bonds is 6. The lowest BCUT2D eigenvalue weighted by atomic mass is 10.0. The van der Waals surface area contributed by atoms with E-state index in [2.05, 4.69) is 25.8 Å². The van der Waals surface area contributed by atoms with Gasteiger partial charge < -0.3 is 26.0 Å². The lowest BCUT2D eigenvalue weighted by Gasteiger charge is -2.35. The quantitative estimate of drug-likeness (QED) is 0.188. The first-order chi connectivity index (χ1) is 14.5. The molecular weight excluding hydrogens is 529 g/mol. The maximum absolute atomic E-state index is 12.2. The second kappa shape index (κ2) is 12.6. The standard InChI is InChI=1S/C22H28ClN5O2.HI/c1-2-24-22(25-14-21(30)26-16-9-11-18(29)12-10-16)27-17-6-5-13-28(15-17)20-8-4-3-7-19(20)23;/h3-4,7-12,17,29H,2,5-6,13-15H2,1H3,(H,26,30)(H2,24,25,27);1H. The maximum atomic E-state index is 12.2. The molecule has 0 saturated carbocycles. The molecule has 1 heterocycles. The number of anilines is 2. The zero-order valence-electron chi connectivity index (χ0n) is 17.5. The Morgan fingerprint density at radius 3 is 2.68 bits per heavy atom. The summed E-state index contributed by atoms with van der Waals surface area (Å²) < 4.78 is 0. The van der Waals surface area contributed by atoms with Gasteiger partial charge in [0.15, 0.2) is 5.96 Å². The number of para-hydroxylation sites is 1. The van der Waals surface area contributed by atoms with E-state index in [-0.39, 0.29) is 48.2 Å². The molecular formula is C22H29ClIN5O2. The fourth-order valence-corrected chi connectivity index (χ4v) is 3.69. The van der Waals surface area contributed by atoms with Crippen molar-refractivity contribution in [3.63, 3.8) is 0 Å². The molecule has 0 radical (unpaired) electrons. The molecule has 1 aliphatic heterocycles. The van der Waals surface area contributed by atoms with Crippen molar-refractivity contribution in [1.82, 2.24) is 10.6 Å². The molecule has 0 aromatic heterocycles. The summed E-state index contributed by atoms with van der Waals surface area (Å²) in [7, 11) is 0. The minimum atomic E-state index is -0.223. The Hall–Kier alpha value is -2.20. The normalized spacial score (nSPS) is 16.3. The van der Waals surface area contributed by atoms with Crippen LogP contribution in [0.15, 0.2) is 53.5 Å². The second-order valence-electron chi connectivity index (χ2n) is 7.17. The molecule has 4 N–H and O–H groups in total. The van der Waals surface area contributed by atoms with Crippen molar-refractivity contribution in [1.29, 1.82) is 0 Å². The van der Waals surface area contributed by atoms with Gasteiger partial charge >= 0.3 is 0 Å². The first kappa shape index (κ1) is 25.1. The number of phenols is 1. The van der Waals surface area contributed by atoms with Crippen LogP contribution in [-0.4, -0.2) is 49.2 Å². The number of hydrogen-bond acceptors (Lipinski definition) is 4. The zero-order chi connectivity index (χ0) is 21.3. The third kappa shape index (κ3) is 7.77. The van der Waals surface area contributed by atoms with Gasteiger partial charge in [-0.15, -0.1) is 24.0 Å². The zero-order valence-corrected chi connectivity index (χ0v) is 20.6. The van der Waals surface area contributed by atoms with Gasteiger partial charge in [-0.25, -0.2) is 4.99 Å². The summed E-state index contributed by atoms with van der Waals surface area (Å²) in [6, 6.07) is 14.4. The van der Waals surface area contributed by atoms with Gasteiger partial charge in [0.25, 0.3) is 0 Å². The average molecular weight is 558 g/mol. The third-order valence-corrected chi connectivity index (χ3v) is 5.15. The molecule has 1 amide bonds. The number of hydrogen-bond donors (Lipinski definition) is 4. The number of nitrogens with one attached hydrogen (secondary N) is 3. The highest BCUT2D eigenvalue weighted by Gasteiger charge is 2.22.